The third kappa shape index (κ3) is 4.59. The molecule has 0 aliphatic carbocycles. The molecule has 162 valence electrons. The molecule has 4 rings (SSSR count). The number of anilines is 1. The smallest absolute Gasteiger partial charge is 0.417 e. The summed E-state index contributed by atoms with van der Waals surface area (Å²) < 4.78 is 46.9. The SMILES string of the molecule is Cc1nccn1-c1cc(Oc2ccc(NC(=O)c3ccccc3C(F)(F)F)cc2)ncn1. The third-order valence-electron chi connectivity index (χ3n) is 4.51. The van der Waals surface area contributed by atoms with Gasteiger partial charge in [-0.25, -0.2) is 15.0 Å². The monoisotopic (exact) mass is 439 g/mol. The van der Waals surface area contributed by atoms with E-state index < -0.39 is 23.2 Å². The summed E-state index contributed by atoms with van der Waals surface area (Å²) >= 11 is 0. The number of amides is 1. The first kappa shape index (κ1) is 21.0. The van der Waals surface area contributed by atoms with Crippen molar-refractivity contribution in [2.75, 3.05) is 5.32 Å². The molecule has 7 nitrogen and oxygen atoms in total. The van der Waals surface area contributed by atoms with Gasteiger partial charge in [-0.05, 0) is 43.3 Å². The van der Waals surface area contributed by atoms with Crippen LogP contribution in [0.2, 0.25) is 0 Å². The van der Waals surface area contributed by atoms with Crippen LogP contribution in [0.15, 0.2) is 73.3 Å². The van der Waals surface area contributed by atoms with Gasteiger partial charge in [0, 0.05) is 24.1 Å². The number of aromatic nitrogens is 4. The number of carbonyl (C=O) groups is 1. The minimum atomic E-state index is -4.63. The first-order valence-electron chi connectivity index (χ1n) is 9.39. The molecule has 0 atom stereocenters. The zero-order valence-corrected chi connectivity index (χ0v) is 16.7. The molecule has 0 saturated heterocycles. The van der Waals surface area contributed by atoms with Gasteiger partial charge in [0.15, 0.2) is 0 Å². The number of halogens is 3. The second-order valence-electron chi connectivity index (χ2n) is 6.68. The molecule has 0 unspecified atom stereocenters. The van der Waals surface area contributed by atoms with Crippen LogP contribution >= 0.6 is 0 Å². The lowest BCUT2D eigenvalue weighted by Crippen LogP contribution is -2.18. The summed E-state index contributed by atoms with van der Waals surface area (Å²) in [5.74, 6) is 1.19. The number of hydrogen-bond donors (Lipinski definition) is 1. The molecule has 1 N–H and O–H groups in total. The molecule has 0 fully saturated rings. The summed E-state index contributed by atoms with van der Waals surface area (Å²) in [6.07, 6.45) is 0.141. The molecule has 1 amide bonds. The fraction of sp³-hybridized carbons (Fsp3) is 0.0909. The van der Waals surface area contributed by atoms with Crippen LogP contribution in [0.3, 0.4) is 0 Å². The van der Waals surface area contributed by atoms with Gasteiger partial charge in [-0.1, -0.05) is 12.1 Å². The van der Waals surface area contributed by atoms with Gasteiger partial charge >= 0.3 is 6.18 Å². The van der Waals surface area contributed by atoms with E-state index in [1.54, 1.807) is 35.2 Å². The maximum absolute atomic E-state index is 13.1. The third-order valence-corrected chi connectivity index (χ3v) is 4.51. The second kappa shape index (κ2) is 8.50. The van der Waals surface area contributed by atoms with Gasteiger partial charge < -0.3 is 10.1 Å². The van der Waals surface area contributed by atoms with Crippen LogP contribution in [0, 0.1) is 6.92 Å². The molecule has 4 aromatic rings. The molecule has 0 aliphatic heterocycles. The largest absolute Gasteiger partial charge is 0.439 e. The minimum absolute atomic E-state index is 0.291. The lowest BCUT2D eigenvalue weighted by molar-refractivity contribution is -0.137. The molecule has 32 heavy (non-hydrogen) atoms. The van der Waals surface area contributed by atoms with Gasteiger partial charge in [-0.2, -0.15) is 13.2 Å². The Balaban J connectivity index is 1.47. The lowest BCUT2D eigenvalue weighted by Gasteiger charge is -2.13. The fourth-order valence-electron chi connectivity index (χ4n) is 2.99. The molecule has 10 heteroatoms. The number of alkyl halides is 3. The minimum Gasteiger partial charge on any atom is -0.439 e. The van der Waals surface area contributed by atoms with Crippen molar-refractivity contribution in [3.63, 3.8) is 0 Å². The highest BCUT2D eigenvalue weighted by molar-refractivity contribution is 6.05. The number of rotatable bonds is 5. The zero-order chi connectivity index (χ0) is 22.7. The molecule has 0 radical (unpaired) electrons. The van der Waals surface area contributed by atoms with Crippen molar-refractivity contribution in [1.29, 1.82) is 0 Å². The van der Waals surface area contributed by atoms with E-state index in [0.29, 0.717) is 23.1 Å². The molecule has 2 aromatic carbocycles. The predicted octanol–water partition coefficient (Wildman–Crippen LogP) is 5.03. The number of aryl methyl sites for hydroxylation is 1. The number of benzene rings is 2. The van der Waals surface area contributed by atoms with Crippen LogP contribution in [0.25, 0.3) is 5.82 Å². The molecule has 2 aromatic heterocycles. The number of hydrogen-bond acceptors (Lipinski definition) is 5. The number of nitrogens with zero attached hydrogens (tertiary/aromatic N) is 4. The lowest BCUT2D eigenvalue weighted by atomic mass is 10.1. The Kier molecular flexibility index (Phi) is 5.59. The molecule has 0 saturated carbocycles. The van der Waals surface area contributed by atoms with Crippen molar-refractivity contribution in [3.8, 4) is 17.4 Å². The van der Waals surface area contributed by atoms with E-state index in [0.717, 1.165) is 18.0 Å². The highest BCUT2D eigenvalue weighted by Crippen LogP contribution is 2.32. The van der Waals surface area contributed by atoms with Crippen molar-refractivity contribution in [2.45, 2.75) is 13.1 Å². The van der Waals surface area contributed by atoms with Crippen LogP contribution < -0.4 is 10.1 Å². The summed E-state index contributed by atoms with van der Waals surface area (Å²) in [7, 11) is 0. The first-order chi connectivity index (χ1) is 15.3. The standard InChI is InChI=1S/C22H16F3N5O2/c1-14-26-10-11-30(14)19-12-20(28-13-27-19)32-16-8-6-15(7-9-16)29-21(31)17-4-2-3-5-18(17)22(23,24)25/h2-13H,1H3,(H,29,31). The maximum atomic E-state index is 13.1. The molecule has 2 heterocycles. The molecule has 0 spiro atoms. The summed E-state index contributed by atoms with van der Waals surface area (Å²) in [4.78, 5) is 24.8. The van der Waals surface area contributed by atoms with Crippen molar-refractivity contribution in [3.05, 3.63) is 90.3 Å². The van der Waals surface area contributed by atoms with E-state index in [9.17, 15) is 18.0 Å². The Labute approximate surface area is 180 Å². The zero-order valence-electron chi connectivity index (χ0n) is 16.7. The number of carbonyl (C=O) groups excluding carboxylic acids is 1. The van der Waals surface area contributed by atoms with E-state index in [1.807, 2.05) is 6.92 Å². The topological polar surface area (TPSA) is 81.9 Å². The number of nitrogens with one attached hydrogen (secondary N) is 1. The normalized spacial score (nSPS) is 11.2. The van der Waals surface area contributed by atoms with Gasteiger partial charge in [0.25, 0.3) is 5.91 Å². The Hall–Kier alpha value is -4.21. The Morgan fingerprint density at radius 2 is 1.78 bits per heavy atom. The number of ether oxygens (including phenoxy) is 1. The summed E-state index contributed by atoms with van der Waals surface area (Å²) in [6, 6.07) is 12.4. The van der Waals surface area contributed by atoms with Crippen LogP contribution in [0.5, 0.6) is 11.6 Å². The average molecular weight is 439 g/mol. The van der Waals surface area contributed by atoms with Crippen LogP contribution in [-0.2, 0) is 6.18 Å². The van der Waals surface area contributed by atoms with Gasteiger partial charge in [0.2, 0.25) is 5.88 Å². The Morgan fingerprint density at radius 1 is 1.03 bits per heavy atom. The predicted molar refractivity (Wildman–Crippen MR) is 110 cm³/mol. The molecule has 0 aliphatic rings. The van der Waals surface area contributed by atoms with E-state index in [-0.39, 0.29) is 0 Å². The summed E-state index contributed by atoms with van der Waals surface area (Å²) in [5.41, 5.74) is -1.13. The number of imidazole rings is 1. The van der Waals surface area contributed by atoms with Crippen LogP contribution in [0.1, 0.15) is 21.7 Å². The summed E-state index contributed by atoms with van der Waals surface area (Å²) in [6.45, 7) is 1.84. The van der Waals surface area contributed by atoms with Crippen molar-refractivity contribution in [1.82, 2.24) is 19.5 Å². The second-order valence-corrected chi connectivity index (χ2v) is 6.68. The van der Waals surface area contributed by atoms with Crippen molar-refractivity contribution in [2.24, 2.45) is 0 Å². The molecule has 0 bridgehead atoms. The Bertz CT molecular complexity index is 1250. The van der Waals surface area contributed by atoms with Crippen LogP contribution in [-0.4, -0.2) is 25.4 Å². The van der Waals surface area contributed by atoms with E-state index in [1.165, 1.54) is 30.6 Å². The first-order valence-corrected chi connectivity index (χ1v) is 9.39. The fourth-order valence-corrected chi connectivity index (χ4v) is 2.99. The average Bonchev–Trinajstić information content (AvgIpc) is 3.20. The molecular weight excluding hydrogens is 423 g/mol. The van der Waals surface area contributed by atoms with Crippen LogP contribution in [0.4, 0.5) is 18.9 Å². The molecular formula is C22H16F3N5O2. The van der Waals surface area contributed by atoms with Gasteiger partial charge in [-0.15, -0.1) is 0 Å². The van der Waals surface area contributed by atoms with E-state index >= 15 is 0 Å². The highest BCUT2D eigenvalue weighted by Gasteiger charge is 2.34. The van der Waals surface area contributed by atoms with Gasteiger partial charge in [-0.3, -0.25) is 9.36 Å². The van der Waals surface area contributed by atoms with Gasteiger partial charge in [0.05, 0.1) is 11.1 Å². The highest BCUT2D eigenvalue weighted by atomic mass is 19.4. The van der Waals surface area contributed by atoms with Crippen molar-refractivity contribution >= 4 is 11.6 Å². The maximum Gasteiger partial charge on any atom is 0.417 e. The Morgan fingerprint density at radius 3 is 2.47 bits per heavy atom. The van der Waals surface area contributed by atoms with Gasteiger partial charge in [0.1, 0.15) is 23.7 Å². The van der Waals surface area contributed by atoms with Crippen molar-refractivity contribution < 1.29 is 22.7 Å². The quantitative estimate of drug-likeness (QED) is 0.472. The summed E-state index contributed by atoms with van der Waals surface area (Å²) in [5, 5.41) is 2.47. The van der Waals surface area contributed by atoms with E-state index in [4.69, 9.17) is 4.74 Å². The van der Waals surface area contributed by atoms with E-state index in [2.05, 4.69) is 20.3 Å².